The van der Waals surface area contributed by atoms with Gasteiger partial charge in [0, 0.05) is 18.2 Å². The molecule has 2 aromatic carbocycles. The number of hydrogen-bond acceptors (Lipinski definition) is 3. The van der Waals surface area contributed by atoms with Gasteiger partial charge in [0.1, 0.15) is 17.6 Å². The average Bonchev–Trinajstić information content (AvgIpc) is 2.65. The lowest BCUT2D eigenvalue weighted by atomic mass is 10.1. The fraction of sp³-hybridized carbons (Fsp3) is 0.391. The standard InChI is InChI=1S/C23H29FN2O3/c1-15(2)25-23(28)18(5)26(13-19-8-6-7-9-20(19)24)22(27)14-29-21-11-10-16(3)12-17(21)4/h6-12,15,18H,13-14H2,1-5H3,(H,25,28)/t18-/m0/s1. The van der Waals surface area contributed by atoms with Crippen molar-refractivity contribution in [1.82, 2.24) is 10.2 Å². The summed E-state index contributed by atoms with van der Waals surface area (Å²) in [6, 6.07) is 11.1. The van der Waals surface area contributed by atoms with Gasteiger partial charge < -0.3 is 15.0 Å². The summed E-state index contributed by atoms with van der Waals surface area (Å²) in [4.78, 5) is 26.8. The molecule has 1 atom stereocenters. The molecule has 6 heteroatoms. The monoisotopic (exact) mass is 400 g/mol. The first-order valence-electron chi connectivity index (χ1n) is 9.72. The van der Waals surface area contributed by atoms with Crippen molar-refractivity contribution in [2.45, 2.75) is 53.2 Å². The minimum absolute atomic E-state index is 0.0194. The van der Waals surface area contributed by atoms with Crippen LogP contribution in [0.2, 0.25) is 0 Å². The third-order valence-corrected chi connectivity index (χ3v) is 4.58. The Morgan fingerprint density at radius 2 is 1.79 bits per heavy atom. The molecule has 156 valence electrons. The van der Waals surface area contributed by atoms with Crippen molar-refractivity contribution in [3.05, 3.63) is 65.0 Å². The lowest BCUT2D eigenvalue weighted by molar-refractivity contribution is -0.142. The third kappa shape index (κ3) is 6.31. The van der Waals surface area contributed by atoms with Crippen LogP contribution in [-0.4, -0.2) is 35.4 Å². The fourth-order valence-electron chi connectivity index (χ4n) is 2.98. The van der Waals surface area contributed by atoms with Crippen LogP contribution in [0, 0.1) is 19.7 Å². The minimum atomic E-state index is -0.771. The van der Waals surface area contributed by atoms with Gasteiger partial charge in [0.05, 0.1) is 0 Å². The highest BCUT2D eigenvalue weighted by atomic mass is 19.1. The Morgan fingerprint density at radius 3 is 2.41 bits per heavy atom. The highest BCUT2D eigenvalue weighted by molar-refractivity contribution is 5.88. The van der Waals surface area contributed by atoms with Crippen molar-refractivity contribution in [2.75, 3.05) is 6.61 Å². The van der Waals surface area contributed by atoms with Gasteiger partial charge in [0.25, 0.3) is 5.91 Å². The van der Waals surface area contributed by atoms with Gasteiger partial charge in [0.2, 0.25) is 5.91 Å². The Kier molecular flexibility index (Phi) is 7.76. The van der Waals surface area contributed by atoms with Gasteiger partial charge in [-0.3, -0.25) is 9.59 Å². The first-order chi connectivity index (χ1) is 13.7. The maximum atomic E-state index is 14.2. The van der Waals surface area contributed by atoms with E-state index in [2.05, 4.69) is 5.32 Å². The number of nitrogens with zero attached hydrogens (tertiary/aromatic N) is 1. The maximum absolute atomic E-state index is 14.2. The Labute approximate surface area is 171 Å². The Hall–Kier alpha value is -2.89. The van der Waals surface area contributed by atoms with Gasteiger partial charge in [-0.1, -0.05) is 35.9 Å². The number of ether oxygens (including phenoxy) is 1. The summed E-state index contributed by atoms with van der Waals surface area (Å²) in [6.07, 6.45) is 0. The van der Waals surface area contributed by atoms with Gasteiger partial charge >= 0.3 is 0 Å². The molecule has 0 radical (unpaired) electrons. The van der Waals surface area contributed by atoms with Crippen molar-refractivity contribution in [3.8, 4) is 5.75 Å². The molecule has 0 heterocycles. The lowest BCUT2D eigenvalue weighted by Crippen LogP contribution is -2.50. The molecule has 2 amide bonds. The van der Waals surface area contributed by atoms with Crippen molar-refractivity contribution < 1.29 is 18.7 Å². The van der Waals surface area contributed by atoms with E-state index in [9.17, 15) is 14.0 Å². The first kappa shape index (κ1) is 22.4. The highest BCUT2D eigenvalue weighted by Crippen LogP contribution is 2.19. The van der Waals surface area contributed by atoms with Gasteiger partial charge in [-0.2, -0.15) is 0 Å². The second-order valence-corrected chi connectivity index (χ2v) is 7.51. The number of rotatable bonds is 8. The zero-order chi connectivity index (χ0) is 21.6. The van der Waals surface area contributed by atoms with Crippen LogP contribution in [0.5, 0.6) is 5.75 Å². The highest BCUT2D eigenvalue weighted by Gasteiger charge is 2.27. The smallest absolute Gasteiger partial charge is 0.261 e. The number of hydrogen-bond donors (Lipinski definition) is 1. The van der Waals surface area contributed by atoms with Crippen molar-refractivity contribution in [2.24, 2.45) is 0 Å². The molecular formula is C23H29FN2O3. The average molecular weight is 400 g/mol. The molecule has 5 nitrogen and oxygen atoms in total. The molecule has 0 unspecified atom stereocenters. The zero-order valence-electron chi connectivity index (χ0n) is 17.7. The fourth-order valence-corrected chi connectivity index (χ4v) is 2.98. The summed E-state index contributed by atoms with van der Waals surface area (Å²) in [7, 11) is 0. The Bertz CT molecular complexity index is 867. The molecule has 1 N–H and O–H groups in total. The van der Waals surface area contributed by atoms with Crippen LogP contribution in [0.25, 0.3) is 0 Å². The van der Waals surface area contributed by atoms with E-state index in [0.29, 0.717) is 11.3 Å². The predicted octanol–water partition coefficient (Wildman–Crippen LogP) is 3.76. The zero-order valence-corrected chi connectivity index (χ0v) is 17.7. The molecule has 0 aliphatic carbocycles. The van der Waals surface area contributed by atoms with Gasteiger partial charge in [-0.05, 0) is 52.3 Å². The van der Waals surface area contributed by atoms with Crippen molar-refractivity contribution in [1.29, 1.82) is 0 Å². The van der Waals surface area contributed by atoms with Crippen LogP contribution >= 0.6 is 0 Å². The predicted molar refractivity (Wildman–Crippen MR) is 111 cm³/mol. The number of nitrogens with one attached hydrogen (secondary N) is 1. The molecule has 0 spiro atoms. The number of amides is 2. The lowest BCUT2D eigenvalue weighted by Gasteiger charge is -2.29. The molecule has 29 heavy (non-hydrogen) atoms. The number of aryl methyl sites for hydroxylation is 2. The van der Waals surface area contributed by atoms with Crippen LogP contribution in [0.4, 0.5) is 4.39 Å². The molecule has 2 aromatic rings. The van der Waals surface area contributed by atoms with Gasteiger partial charge in [-0.15, -0.1) is 0 Å². The second kappa shape index (κ2) is 10.0. The topological polar surface area (TPSA) is 58.6 Å². The first-order valence-corrected chi connectivity index (χ1v) is 9.72. The SMILES string of the molecule is Cc1ccc(OCC(=O)N(Cc2ccccc2F)[C@@H](C)C(=O)NC(C)C)c(C)c1. The van der Waals surface area contributed by atoms with Crippen molar-refractivity contribution in [3.63, 3.8) is 0 Å². The van der Waals surface area contributed by atoms with Crippen molar-refractivity contribution >= 4 is 11.8 Å². The van der Waals surface area contributed by atoms with Gasteiger partial charge in [0.15, 0.2) is 6.61 Å². The molecule has 0 saturated carbocycles. The molecule has 0 bridgehead atoms. The van der Waals surface area contributed by atoms with E-state index in [1.165, 1.54) is 11.0 Å². The summed E-state index contributed by atoms with van der Waals surface area (Å²) >= 11 is 0. The van der Waals surface area contributed by atoms with Crippen LogP contribution in [0.3, 0.4) is 0 Å². The molecule has 0 aliphatic rings. The van der Waals surface area contributed by atoms with E-state index < -0.39 is 11.9 Å². The molecule has 0 saturated heterocycles. The Morgan fingerprint density at radius 1 is 1.10 bits per heavy atom. The van der Waals surface area contributed by atoms with E-state index in [0.717, 1.165) is 11.1 Å². The number of halogens is 1. The third-order valence-electron chi connectivity index (χ3n) is 4.58. The molecule has 0 aliphatic heterocycles. The molecule has 0 fully saturated rings. The van der Waals surface area contributed by atoms with Crippen LogP contribution < -0.4 is 10.1 Å². The van der Waals surface area contributed by atoms with E-state index in [1.807, 2.05) is 45.9 Å². The van der Waals surface area contributed by atoms with Crippen LogP contribution in [0.1, 0.15) is 37.5 Å². The second-order valence-electron chi connectivity index (χ2n) is 7.51. The van der Waals surface area contributed by atoms with E-state index in [-0.39, 0.29) is 31.0 Å². The van der Waals surface area contributed by atoms with E-state index >= 15 is 0 Å². The number of benzene rings is 2. The maximum Gasteiger partial charge on any atom is 0.261 e. The summed E-state index contributed by atoms with van der Waals surface area (Å²) in [5.41, 5.74) is 2.36. The Balaban J connectivity index is 2.19. The summed E-state index contributed by atoms with van der Waals surface area (Å²) in [5, 5.41) is 2.80. The molecule has 0 aromatic heterocycles. The quantitative estimate of drug-likeness (QED) is 0.734. The van der Waals surface area contributed by atoms with Crippen LogP contribution in [-0.2, 0) is 16.1 Å². The van der Waals surface area contributed by atoms with Gasteiger partial charge in [-0.25, -0.2) is 4.39 Å². The van der Waals surface area contributed by atoms with Crippen LogP contribution in [0.15, 0.2) is 42.5 Å². The van der Waals surface area contributed by atoms with E-state index in [4.69, 9.17) is 4.74 Å². The summed E-state index contributed by atoms with van der Waals surface area (Å²) in [5.74, 6) is -0.498. The number of carbonyl (C=O) groups excluding carboxylic acids is 2. The number of carbonyl (C=O) groups is 2. The minimum Gasteiger partial charge on any atom is -0.483 e. The molecular weight excluding hydrogens is 371 g/mol. The largest absolute Gasteiger partial charge is 0.483 e. The summed E-state index contributed by atoms with van der Waals surface area (Å²) < 4.78 is 19.9. The van der Waals surface area contributed by atoms with E-state index in [1.54, 1.807) is 25.1 Å². The normalized spacial score (nSPS) is 11.8. The molecule has 2 rings (SSSR count). The summed E-state index contributed by atoms with van der Waals surface area (Å²) in [6.45, 7) is 8.95.